The van der Waals surface area contributed by atoms with E-state index in [1.54, 1.807) is 25.1 Å². The van der Waals surface area contributed by atoms with Crippen molar-refractivity contribution >= 4 is 17.2 Å². The molecule has 0 fully saturated rings. The average molecular weight is 269 g/mol. The van der Waals surface area contributed by atoms with E-state index in [0.717, 1.165) is 12.8 Å². The van der Waals surface area contributed by atoms with Crippen molar-refractivity contribution in [2.24, 2.45) is 11.1 Å². The van der Waals surface area contributed by atoms with E-state index in [1.165, 1.54) is 0 Å². The third-order valence-electron chi connectivity index (χ3n) is 3.03. The van der Waals surface area contributed by atoms with E-state index in [2.05, 4.69) is 0 Å². The van der Waals surface area contributed by atoms with Crippen LogP contribution in [0.5, 0.6) is 5.75 Å². The van der Waals surface area contributed by atoms with Crippen LogP contribution in [0, 0.1) is 18.2 Å². The molecule has 2 N–H and O–H groups in total. The number of halogens is 1. The van der Waals surface area contributed by atoms with Crippen LogP contribution in [0.25, 0.3) is 0 Å². The van der Waals surface area contributed by atoms with E-state index in [1.807, 2.05) is 13.8 Å². The molecule has 0 unspecified atom stereocenters. The SMILES string of the molecule is Cc1cccc(OCCCC(C)(C)C(N)=S)c1F. The topological polar surface area (TPSA) is 35.2 Å². The summed E-state index contributed by atoms with van der Waals surface area (Å²) in [4.78, 5) is 0.504. The zero-order chi connectivity index (χ0) is 13.8. The molecular weight excluding hydrogens is 249 g/mol. The molecule has 0 bridgehead atoms. The zero-order valence-corrected chi connectivity index (χ0v) is 11.9. The van der Waals surface area contributed by atoms with E-state index in [0.29, 0.717) is 22.9 Å². The van der Waals surface area contributed by atoms with Crippen molar-refractivity contribution in [3.05, 3.63) is 29.6 Å². The number of rotatable bonds is 6. The lowest BCUT2D eigenvalue weighted by Gasteiger charge is -2.22. The van der Waals surface area contributed by atoms with Crippen LogP contribution in [0.1, 0.15) is 32.3 Å². The third kappa shape index (κ3) is 3.95. The van der Waals surface area contributed by atoms with E-state index >= 15 is 0 Å². The van der Waals surface area contributed by atoms with Gasteiger partial charge in [0.05, 0.1) is 11.6 Å². The van der Waals surface area contributed by atoms with Crippen LogP contribution in [0.15, 0.2) is 18.2 Å². The number of nitrogens with two attached hydrogens (primary N) is 1. The highest BCUT2D eigenvalue weighted by atomic mass is 32.1. The van der Waals surface area contributed by atoms with Gasteiger partial charge in [0.25, 0.3) is 0 Å². The smallest absolute Gasteiger partial charge is 0.167 e. The molecule has 18 heavy (non-hydrogen) atoms. The lowest BCUT2D eigenvalue weighted by atomic mass is 9.88. The molecule has 0 aliphatic carbocycles. The number of ether oxygens (including phenoxy) is 1. The molecule has 0 saturated heterocycles. The van der Waals surface area contributed by atoms with Crippen LogP contribution in [-0.4, -0.2) is 11.6 Å². The lowest BCUT2D eigenvalue weighted by Crippen LogP contribution is -2.30. The Kier molecular flexibility index (Phi) is 5.08. The molecule has 0 atom stereocenters. The average Bonchev–Trinajstić information content (AvgIpc) is 2.29. The Morgan fingerprint density at radius 2 is 2.11 bits per heavy atom. The lowest BCUT2D eigenvalue weighted by molar-refractivity contribution is 0.275. The molecule has 1 aromatic carbocycles. The molecule has 2 nitrogen and oxygen atoms in total. The summed E-state index contributed by atoms with van der Waals surface area (Å²) in [6.07, 6.45) is 1.62. The van der Waals surface area contributed by atoms with Crippen molar-refractivity contribution in [2.45, 2.75) is 33.6 Å². The normalized spacial score (nSPS) is 11.3. The second-order valence-corrected chi connectivity index (χ2v) is 5.53. The number of hydrogen-bond acceptors (Lipinski definition) is 2. The molecule has 0 aliphatic rings. The molecule has 0 amide bonds. The minimum atomic E-state index is -0.286. The van der Waals surface area contributed by atoms with Gasteiger partial charge in [-0.05, 0) is 31.4 Å². The Labute approximate surface area is 113 Å². The Bertz CT molecular complexity index is 432. The maximum absolute atomic E-state index is 13.6. The standard InChI is InChI=1S/C14H20FNOS/c1-10-6-4-7-11(12(10)15)17-9-5-8-14(2,3)13(16)18/h4,6-7H,5,8-9H2,1-3H3,(H2,16,18). The summed E-state index contributed by atoms with van der Waals surface area (Å²) < 4.78 is 19.1. The van der Waals surface area contributed by atoms with Gasteiger partial charge in [0.1, 0.15) is 0 Å². The second-order valence-electron chi connectivity index (χ2n) is 5.09. The van der Waals surface area contributed by atoms with Crippen LogP contribution in [0.2, 0.25) is 0 Å². The molecule has 0 radical (unpaired) electrons. The molecular formula is C14H20FNOS. The van der Waals surface area contributed by atoms with Crippen molar-refractivity contribution in [1.82, 2.24) is 0 Å². The minimum Gasteiger partial charge on any atom is -0.491 e. The highest BCUT2D eigenvalue weighted by Crippen LogP contribution is 2.24. The monoisotopic (exact) mass is 269 g/mol. The molecule has 4 heteroatoms. The van der Waals surface area contributed by atoms with Gasteiger partial charge >= 0.3 is 0 Å². The molecule has 100 valence electrons. The Morgan fingerprint density at radius 3 is 2.72 bits per heavy atom. The predicted octanol–water partition coefficient (Wildman–Crippen LogP) is 3.61. The highest BCUT2D eigenvalue weighted by molar-refractivity contribution is 7.80. The fraction of sp³-hybridized carbons (Fsp3) is 0.500. The van der Waals surface area contributed by atoms with Crippen molar-refractivity contribution in [3.63, 3.8) is 0 Å². The molecule has 0 aliphatic heterocycles. The van der Waals surface area contributed by atoms with Crippen LogP contribution in [-0.2, 0) is 0 Å². The summed E-state index contributed by atoms with van der Waals surface area (Å²) in [6.45, 7) is 6.19. The molecule has 0 spiro atoms. The summed E-state index contributed by atoms with van der Waals surface area (Å²) in [5, 5.41) is 0. The molecule has 0 heterocycles. The fourth-order valence-corrected chi connectivity index (χ4v) is 1.65. The minimum absolute atomic E-state index is 0.177. The van der Waals surface area contributed by atoms with Crippen molar-refractivity contribution in [3.8, 4) is 5.75 Å². The van der Waals surface area contributed by atoms with Crippen molar-refractivity contribution in [1.29, 1.82) is 0 Å². The maximum atomic E-state index is 13.6. The van der Waals surface area contributed by atoms with Crippen LogP contribution >= 0.6 is 12.2 Å². The Hall–Kier alpha value is -1.16. The Morgan fingerprint density at radius 1 is 1.44 bits per heavy atom. The summed E-state index contributed by atoms with van der Waals surface area (Å²) in [5.41, 5.74) is 6.05. The number of benzene rings is 1. The van der Waals surface area contributed by atoms with Gasteiger partial charge in [-0.3, -0.25) is 0 Å². The quantitative estimate of drug-likeness (QED) is 0.633. The fourth-order valence-electron chi connectivity index (χ4n) is 1.55. The van der Waals surface area contributed by atoms with E-state index in [-0.39, 0.29) is 11.2 Å². The largest absolute Gasteiger partial charge is 0.491 e. The van der Waals surface area contributed by atoms with Crippen molar-refractivity contribution < 1.29 is 9.13 Å². The van der Waals surface area contributed by atoms with Crippen LogP contribution in [0.4, 0.5) is 4.39 Å². The first kappa shape index (κ1) is 14.9. The van der Waals surface area contributed by atoms with E-state index in [4.69, 9.17) is 22.7 Å². The summed E-state index contributed by atoms with van der Waals surface area (Å²) >= 11 is 4.99. The first-order valence-corrected chi connectivity index (χ1v) is 6.43. The first-order valence-electron chi connectivity index (χ1n) is 6.02. The van der Waals surface area contributed by atoms with Gasteiger partial charge in [-0.2, -0.15) is 0 Å². The van der Waals surface area contributed by atoms with Gasteiger partial charge in [-0.15, -0.1) is 0 Å². The van der Waals surface area contributed by atoms with Gasteiger partial charge in [0.15, 0.2) is 11.6 Å². The van der Waals surface area contributed by atoms with E-state index in [9.17, 15) is 4.39 Å². The molecule has 0 saturated carbocycles. The third-order valence-corrected chi connectivity index (χ3v) is 3.58. The predicted molar refractivity (Wildman–Crippen MR) is 76.4 cm³/mol. The summed E-state index contributed by atoms with van der Waals surface area (Å²) in [5.74, 6) is 0.0224. The van der Waals surface area contributed by atoms with Gasteiger partial charge in [0.2, 0.25) is 0 Å². The van der Waals surface area contributed by atoms with Crippen LogP contribution in [0.3, 0.4) is 0 Å². The number of aryl methyl sites for hydroxylation is 1. The molecule has 0 aromatic heterocycles. The first-order chi connectivity index (χ1) is 8.34. The van der Waals surface area contributed by atoms with Crippen LogP contribution < -0.4 is 10.5 Å². The Balaban J connectivity index is 2.43. The molecule has 1 rings (SSSR count). The summed E-state index contributed by atoms with van der Waals surface area (Å²) in [7, 11) is 0. The number of hydrogen-bond donors (Lipinski definition) is 1. The maximum Gasteiger partial charge on any atom is 0.167 e. The highest BCUT2D eigenvalue weighted by Gasteiger charge is 2.20. The van der Waals surface area contributed by atoms with Gasteiger partial charge in [0, 0.05) is 5.41 Å². The van der Waals surface area contributed by atoms with Gasteiger partial charge in [-0.25, -0.2) is 4.39 Å². The number of thiocarbonyl (C=S) groups is 1. The zero-order valence-electron chi connectivity index (χ0n) is 11.1. The van der Waals surface area contributed by atoms with Gasteiger partial charge in [-0.1, -0.05) is 38.2 Å². The summed E-state index contributed by atoms with van der Waals surface area (Å²) in [6, 6.07) is 5.14. The second kappa shape index (κ2) is 6.14. The van der Waals surface area contributed by atoms with Crippen molar-refractivity contribution in [2.75, 3.05) is 6.61 Å². The van der Waals surface area contributed by atoms with E-state index < -0.39 is 0 Å². The molecule has 1 aromatic rings. The van der Waals surface area contributed by atoms with Gasteiger partial charge < -0.3 is 10.5 Å².